The van der Waals surface area contributed by atoms with Gasteiger partial charge in [0.25, 0.3) is 0 Å². The molecule has 1 aliphatic rings. The summed E-state index contributed by atoms with van der Waals surface area (Å²) in [5.74, 6) is 0.508. The van der Waals surface area contributed by atoms with E-state index in [1.54, 1.807) is 6.07 Å². The highest BCUT2D eigenvalue weighted by Crippen LogP contribution is 2.29. The Morgan fingerprint density at radius 2 is 2.33 bits per heavy atom. The second-order valence-corrected chi connectivity index (χ2v) is 3.70. The van der Waals surface area contributed by atoms with Crippen molar-refractivity contribution < 1.29 is 14.6 Å². The first-order valence-electron chi connectivity index (χ1n) is 5.17. The summed E-state index contributed by atoms with van der Waals surface area (Å²) in [6.45, 7) is 2.43. The molecule has 2 rings (SSSR count). The molecule has 1 aromatic rings. The third-order valence-corrected chi connectivity index (χ3v) is 2.72. The summed E-state index contributed by atoms with van der Waals surface area (Å²) >= 11 is 0. The topological polar surface area (TPSA) is 46.5 Å². The number of Topliss-reactive ketones (excluding diaryl/α,β-unsaturated/α-hetero) is 1. The van der Waals surface area contributed by atoms with Gasteiger partial charge in [0.1, 0.15) is 5.75 Å². The van der Waals surface area contributed by atoms with Crippen molar-refractivity contribution in [1.29, 1.82) is 0 Å². The molecule has 80 valence electrons. The monoisotopic (exact) mass is 206 g/mol. The van der Waals surface area contributed by atoms with E-state index in [0.717, 1.165) is 11.3 Å². The van der Waals surface area contributed by atoms with Crippen molar-refractivity contribution in [2.24, 2.45) is 5.92 Å². The van der Waals surface area contributed by atoms with Gasteiger partial charge >= 0.3 is 0 Å². The summed E-state index contributed by atoms with van der Waals surface area (Å²) in [7, 11) is 0. The van der Waals surface area contributed by atoms with Crippen LogP contribution < -0.4 is 4.74 Å². The summed E-state index contributed by atoms with van der Waals surface area (Å²) in [5.41, 5.74) is 1.72. The van der Waals surface area contributed by atoms with E-state index in [2.05, 4.69) is 0 Å². The molecule has 1 N–H and O–H groups in total. The van der Waals surface area contributed by atoms with Crippen LogP contribution in [0.5, 0.6) is 5.75 Å². The summed E-state index contributed by atoms with van der Waals surface area (Å²) in [6.07, 6.45) is 0.650. The number of ketones is 1. The van der Waals surface area contributed by atoms with Crippen LogP contribution in [0.15, 0.2) is 18.2 Å². The number of aliphatic hydroxyl groups excluding tert-OH is 1. The summed E-state index contributed by atoms with van der Waals surface area (Å²) in [4.78, 5) is 11.8. The van der Waals surface area contributed by atoms with E-state index in [-0.39, 0.29) is 18.3 Å². The third-order valence-electron chi connectivity index (χ3n) is 2.72. The van der Waals surface area contributed by atoms with Gasteiger partial charge in [0.2, 0.25) is 0 Å². The van der Waals surface area contributed by atoms with E-state index in [4.69, 9.17) is 9.84 Å². The van der Waals surface area contributed by atoms with Gasteiger partial charge in [-0.15, -0.1) is 0 Å². The number of benzene rings is 1. The zero-order valence-electron chi connectivity index (χ0n) is 8.69. The molecule has 0 aliphatic heterocycles. The van der Waals surface area contributed by atoms with E-state index in [0.29, 0.717) is 18.6 Å². The Kier molecular flexibility index (Phi) is 2.73. The van der Waals surface area contributed by atoms with Crippen LogP contribution >= 0.6 is 0 Å². The summed E-state index contributed by atoms with van der Waals surface area (Å²) in [6, 6.07) is 5.56. The SMILES string of the molecule is CCOc1ccc2c(c1)C(=O)C(CO)C2. The molecular weight excluding hydrogens is 192 g/mol. The smallest absolute Gasteiger partial charge is 0.168 e. The van der Waals surface area contributed by atoms with Gasteiger partial charge < -0.3 is 9.84 Å². The van der Waals surface area contributed by atoms with Gasteiger partial charge in [-0.25, -0.2) is 0 Å². The van der Waals surface area contributed by atoms with Crippen LogP contribution in [-0.2, 0) is 6.42 Å². The fourth-order valence-corrected chi connectivity index (χ4v) is 1.94. The van der Waals surface area contributed by atoms with Crippen LogP contribution in [0.2, 0.25) is 0 Å². The first-order chi connectivity index (χ1) is 7.26. The molecule has 3 heteroatoms. The number of hydrogen-bond acceptors (Lipinski definition) is 3. The molecule has 0 saturated carbocycles. The minimum Gasteiger partial charge on any atom is -0.494 e. The average Bonchev–Trinajstić information content (AvgIpc) is 2.56. The van der Waals surface area contributed by atoms with Crippen molar-refractivity contribution in [2.75, 3.05) is 13.2 Å². The maximum Gasteiger partial charge on any atom is 0.168 e. The maximum atomic E-state index is 11.8. The predicted molar refractivity (Wildman–Crippen MR) is 56.2 cm³/mol. The number of ether oxygens (including phenoxy) is 1. The molecule has 1 aliphatic carbocycles. The van der Waals surface area contributed by atoms with Gasteiger partial charge in [-0.3, -0.25) is 4.79 Å². The number of aliphatic hydroxyl groups is 1. The molecule has 1 atom stereocenters. The molecule has 1 aromatic carbocycles. The molecule has 0 spiro atoms. The van der Waals surface area contributed by atoms with E-state index in [9.17, 15) is 4.79 Å². The van der Waals surface area contributed by atoms with Crippen LogP contribution in [-0.4, -0.2) is 24.1 Å². The van der Waals surface area contributed by atoms with Crippen LogP contribution in [0.4, 0.5) is 0 Å². The van der Waals surface area contributed by atoms with Gasteiger partial charge in [0.05, 0.1) is 13.2 Å². The quantitative estimate of drug-likeness (QED) is 0.813. The van der Waals surface area contributed by atoms with Crippen molar-refractivity contribution in [3.63, 3.8) is 0 Å². The van der Waals surface area contributed by atoms with Gasteiger partial charge in [-0.2, -0.15) is 0 Å². The molecule has 0 amide bonds. The van der Waals surface area contributed by atoms with Crippen LogP contribution in [0.25, 0.3) is 0 Å². The number of carbonyl (C=O) groups excluding carboxylic acids is 1. The Labute approximate surface area is 88.7 Å². The van der Waals surface area contributed by atoms with Crippen molar-refractivity contribution in [3.05, 3.63) is 29.3 Å². The highest BCUT2D eigenvalue weighted by molar-refractivity contribution is 6.02. The molecule has 1 unspecified atom stereocenters. The van der Waals surface area contributed by atoms with Crippen molar-refractivity contribution in [3.8, 4) is 5.75 Å². The van der Waals surface area contributed by atoms with E-state index >= 15 is 0 Å². The minimum atomic E-state index is -0.253. The molecule has 0 saturated heterocycles. The molecular formula is C12H14O3. The second kappa shape index (κ2) is 4.03. The third kappa shape index (κ3) is 1.75. The number of fused-ring (bicyclic) bond motifs is 1. The van der Waals surface area contributed by atoms with Crippen molar-refractivity contribution in [2.45, 2.75) is 13.3 Å². The summed E-state index contributed by atoms with van der Waals surface area (Å²) < 4.78 is 5.33. The molecule has 15 heavy (non-hydrogen) atoms. The maximum absolute atomic E-state index is 11.8. The van der Waals surface area contributed by atoms with Gasteiger partial charge in [-0.05, 0) is 31.0 Å². The molecule has 0 radical (unpaired) electrons. The summed E-state index contributed by atoms with van der Waals surface area (Å²) in [5, 5.41) is 9.03. The fraction of sp³-hybridized carbons (Fsp3) is 0.417. The largest absolute Gasteiger partial charge is 0.494 e. The van der Waals surface area contributed by atoms with Gasteiger partial charge in [0.15, 0.2) is 5.78 Å². The lowest BCUT2D eigenvalue weighted by Crippen LogP contribution is -2.13. The Bertz CT molecular complexity index is 384. The van der Waals surface area contributed by atoms with Crippen LogP contribution in [0.1, 0.15) is 22.8 Å². The van der Waals surface area contributed by atoms with Gasteiger partial charge in [0, 0.05) is 11.5 Å². The van der Waals surface area contributed by atoms with E-state index in [1.807, 2.05) is 19.1 Å². The zero-order chi connectivity index (χ0) is 10.8. The predicted octanol–water partition coefficient (Wildman–Crippen LogP) is 1.43. The lowest BCUT2D eigenvalue weighted by molar-refractivity contribution is 0.0883. The molecule has 3 nitrogen and oxygen atoms in total. The molecule has 0 aromatic heterocycles. The molecule has 0 heterocycles. The van der Waals surface area contributed by atoms with E-state index in [1.165, 1.54) is 0 Å². The Balaban J connectivity index is 2.31. The lowest BCUT2D eigenvalue weighted by atomic mass is 10.1. The van der Waals surface area contributed by atoms with Crippen molar-refractivity contribution in [1.82, 2.24) is 0 Å². The Morgan fingerprint density at radius 3 is 3.00 bits per heavy atom. The molecule has 0 bridgehead atoms. The molecule has 0 fully saturated rings. The van der Waals surface area contributed by atoms with Crippen LogP contribution in [0, 0.1) is 5.92 Å². The highest BCUT2D eigenvalue weighted by atomic mass is 16.5. The van der Waals surface area contributed by atoms with Crippen molar-refractivity contribution >= 4 is 5.78 Å². The van der Waals surface area contributed by atoms with E-state index < -0.39 is 0 Å². The van der Waals surface area contributed by atoms with Crippen LogP contribution in [0.3, 0.4) is 0 Å². The Hall–Kier alpha value is -1.35. The number of hydrogen-bond donors (Lipinski definition) is 1. The Morgan fingerprint density at radius 1 is 1.53 bits per heavy atom. The number of rotatable bonds is 3. The normalized spacial score (nSPS) is 19.1. The highest BCUT2D eigenvalue weighted by Gasteiger charge is 2.29. The lowest BCUT2D eigenvalue weighted by Gasteiger charge is -2.04. The average molecular weight is 206 g/mol. The first kappa shape index (κ1) is 10.2. The van der Waals surface area contributed by atoms with Gasteiger partial charge in [-0.1, -0.05) is 6.07 Å². The minimum absolute atomic E-state index is 0.0362. The standard InChI is InChI=1S/C12H14O3/c1-2-15-10-4-3-8-5-9(7-13)12(14)11(8)6-10/h3-4,6,9,13H,2,5,7H2,1H3. The second-order valence-electron chi connectivity index (χ2n) is 3.70. The fourth-order valence-electron chi connectivity index (χ4n) is 1.94. The number of carbonyl (C=O) groups is 1. The first-order valence-corrected chi connectivity index (χ1v) is 5.17. The zero-order valence-corrected chi connectivity index (χ0v) is 8.69.